The van der Waals surface area contributed by atoms with E-state index in [1.807, 2.05) is 49.9 Å². The number of nitrogens with one attached hydrogen (secondary N) is 1. The number of likely N-dealkylation sites (tertiary alicyclic amines) is 1. The third kappa shape index (κ3) is 7.62. The molecule has 0 radical (unpaired) electrons. The molecule has 2 aromatic rings. The standard InChI is InChI=1S/C32H42Cl2FN5O3/c1-20(2)29(36-28(42)12-13-37(4)5)25-7-6-8-27(35)30(25)38-15-17-39(18-16-38)32(43)31-24(11-14-40(31)21(3)41)23-10-9-22(33)19-26(23)34/h6-10,19-20,24,29,31H,11-18H2,1-5H3,(H,36,42)/t24?,29-,31?/m0/s1. The first-order chi connectivity index (χ1) is 20.4. The van der Waals surface area contributed by atoms with Crippen molar-refractivity contribution in [1.29, 1.82) is 0 Å². The summed E-state index contributed by atoms with van der Waals surface area (Å²) in [6.45, 7) is 8.15. The van der Waals surface area contributed by atoms with Crippen LogP contribution in [0.4, 0.5) is 10.1 Å². The Hall–Kier alpha value is -2.88. The fraction of sp³-hybridized carbons (Fsp3) is 0.531. The molecule has 1 N–H and O–H groups in total. The van der Waals surface area contributed by atoms with E-state index in [1.54, 1.807) is 28.0 Å². The number of hydrogen-bond acceptors (Lipinski definition) is 5. The molecule has 2 aromatic carbocycles. The summed E-state index contributed by atoms with van der Waals surface area (Å²) >= 11 is 12.7. The molecule has 0 saturated carbocycles. The number of halogens is 3. The van der Waals surface area contributed by atoms with Crippen molar-refractivity contribution in [2.75, 3.05) is 58.3 Å². The SMILES string of the molecule is CC(=O)N1CCC(c2ccc(Cl)cc2Cl)C1C(=O)N1CCN(c2c(F)cccc2[C@@H](NC(=O)CCN(C)C)C(C)C)CC1. The zero-order valence-corrected chi connectivity index (χ0v) is 27.1. The van der Waals surface area contributed by atoms with E-state index in [2.05, 4.69) is 5.32 Å². The molecule has 3 atom stereocenters. The average Bonchev–Trinajstić information content (AvgIpc) is 3.39. The Bertz CT molecular complexity index is 1330. The monoisotopic (exact) mass is 633 g/mol. The normalized spacial score (nSPS) is 19.7. The number of benzene rings is 2. The lowest BCUT2D eigenvalue weighted by atomic mass is 9.90. The Morgan fingerprint density at radius 3 is 2.35 bits per heavy atom. The molecule has 0 aromatic heterocycles. The van der Waals surface area contributed by atoms with Gasteiger partial charge in [-0.1, -0.05) is 55.2 Å². The van der Waals surface area contributed by atoms with Crippen LogP contribution >= 0.6 is 23.2 Å². The van der Waals surface area contributed by atoms with Gasteiger partial charge in [-0.2, -0.15) is 0 Å². The minimum atomic E-state index is -0.672. The number of amides is 3. The highest BCUT2D eigenvalue weighted by Crippen LogP contribution is 2.39. The number of para-hydroxylation sites is 1. The Labute approximate surface area is 264 Å². The Morgan fingerprint density at radius 1 is 1.05 bits per heavy atom. The van der Waals surface area contributed by atoms with Crippen LogP contribution in [0.2, 0.25) is 10.0 Å². The maximum atomic E-state index is 15.5. The lowest BCUT2D eigenvalue weighted by Gasteiger charge is -2.40. The van der Waals surface area contributed by atoms with Gasteiger partial charge in [0.1, 0.15) is 11.9 Å². The van der Waals surface area contributed by atoms with Gasteiger partial charge in [0, 0.05) is 74.1 Å². The summed E-state index contributed by atoms with van der Waals surface area (Å²) in [7, 11) is 3.83. The third-order valence-corrected chi connectivity index (χ3v) is 9.01. The highest BCUT2D eigenvalue weighted by atomic mass is 35.5. The molecule has 8 nitrogen and oxygen atoms in total. The molecule has 2 saturated heterocycles. The van der Waals surface area contributed by atoms with Crippen molar-refractivity contribution in [3.8, 4) is 0 Å². The fourth-order valence-electron chi connectivity index (χ4n) is 6.21. The fourth-order valence-corrected chi connectivity index (χ4v) is 6.76. The van der Waals surface area contributed by atoms with Gasteiger partial charge in [0.05, 0.1) is 11.7 Å². The molecule has 0 bridgehead atoms. The molecule has 2 heterocycles. The second-order valence-corrected chi connectivity index (χ2v) is 12.9. The van der Waals surface area contributed by atoms with E-state index in [1.165, 1.54) is 13.0 Å². The van der Waals surface area contributed by atoms with E-state index in [9.17, 15) is 14.4 Å². The van der Waals surface area contributed by atoms with Gasteiger partial charge in [0.15, 0.2) is 0 Å². The van der Waals surface area contributed by atoms with Gasteiger partial charge in [-0.25, -0.2) is 4.39 Å². The van der Waals surface area contributed by atoms with Crippen LogP contribution in [0.25, 0.3) is 0 Å². The zero-order valence-electron chi connectivity index (χ0n) is 25.6. The van der Waals surface area contributed by atoms with Crippen LogP contribution in [0.1, 0.15) is 56.7 Å². The van der Waals surface area contributed by atoms with Crippen LogP contribution in [0.3, 0.4) is 0 Å². The smallest absolute Gasteiger partial charge is 0.246 e. The van der Waals surface area contributed by atoms with E-state index in [4.69, 9.17) is 23.2 Å². The van der Waals surface area contributed by atoms with Gasteiger partial charge < -0.3 is 24.9 Å². The van der Waals surface area contributed by atoms with E-state index in [0.29, 0.717) is 67.8 Å². The van der Waals surface area contributed by atoms with Crippen LogP contribution in [0.5, 0.6) is 0 Å². The molecule has 43 heavy (non-hydrogen) atoms. The van der Waals surface area contributed by atoms with Gasteiger partial charge in [-0.3, -0.25) is 14.4 Å². The van der Waals surface area contributed by atoms with Crippen molar-refractivity contribution in [3.05, 3.63) is 63.4 Å². The number of rotatable bonds is 9. The first-order valence-corrected chi connectivity index (χ1v) is 15.6. The molecular formula is C32H42Cl2FN5O3. The summed E-state index contributed by atoms with van der Waals surface area (Å²) < 4.78 is 15.5. The summed E-state index contributed by atoms with van der Waals surface area (Å²) in [6.07, 6.45) is 0.967. The molecular weight excluding hydrogens is 592 g/mol. The molecule has 2 unspecified atom stereocenters. The number of piperazine rings is 1. The highest BCUT2D eigenvalue weighted by Gasteiger charge is 2.44. The van der Waals surface area contributed by atoms with E-state index in [0.717, 1.165) is 11.1 Å². The zero-order chi connectivity index (χ0) is 31.4. The first-order valence-electron chi connectivity index (χ1n) is 14.9. The van der Waals surface area contributed by atoms with Crippen LogP contribution in [-0.4, -0.2) is 91.8 Å². The van der Waals surface area contributed by atoms with Crippen molar-refractivity contribution in [3.63, 3.8) is 0 Å². The van der Waals surface area contributed by atoms with E-state index >= 15 is 4.39 Å². The molecule has 234 valence electrons. The van der Waals surface area contributed by atoms with Crippen LogP contribution in [0, 0.1) is 11.7 Å². The number of hydrogen-bond donors (Lipinski definition) is 1. The lowest BCUT2D eigenvalue weighted by Crippen LogP contribution is -2.55. The summed E-state index contributed by atoms with van der Waals surface area (Å²) in [6, 6.07) is 9.19. The summed E-state index contributed by atoms with van der Waals surface area (Å²) in [5, 5.41) is 4.11. The highest BCUT2D eigenvalue weighted by molar-refractivity contribution is 6.35. The maximum Gasteiger partial charge on any atom is 0.246 e. The Kier molecular flexibility index (Phi) is 11.0. The van der Waals surface area contributed by atoms with Gasteiger partial charge in [-0.15, -0.1) is 0 Å². The second-order valence-electron chi connectivity index (χ2n) is 12.1. The van der Waals surface area contributed by atoms with Gasteiger partial charge >= 0.3 is 0 Å². The van der Waals surface area contributed by atoms with Crippen LogP contribution in [0.15, 0.2) is 36.4 Å². The lowest BCUT2D eigenvalue weighted by molar-refractivity contribution is -0.143. The Balaban J connectivity index is 1.53. The van der Waals surface area contributed by atoms with Gasteiger partial charge in [0.25, 0.3) is 0 Å². The average molecular weight is 635 g/mol. The van der Waals surface area contributed by atoms with Crippen LogP contribution in [-0.2, 0) is 14.4 Å². The minimum Gasteiger partial charge on any atom is -0.365 e. The molecule has 3 amide bonds. The van der Waals surface area contributed by atoms with Crippen molar-refractivity contribution in [1.82, 2.24) is 20.0 Å². The van der Waals surface area contributed by atoms with Crippen molar-refractivity contribution < 1.29 is 18.8 Å². The number of nitrogens with zero attached hydrogens (tertiary/aromatic N) is 4. The van der Waals surface area contributed by atoms with E-state index in [-0.39, 0.29) is 41.4 Å². The minimum absolute atomic E-state index is 0.0308. The molecule has 2 aliphatic rings. The quantitative estimate of drug-likeness (QED) is 0.423. The number of carbonyl (C=O) groups excluding carboxylic acids is 3. The second kappa shape index (κ2) is 14.3. The van der Waals surface area contributed by atoms with Gasteiger partial charge in [0.2, 0.25) is 17.7 Å². The van der Waals surface area contributed by atoms with Crippen molar-refractivity contribution in [2.24, 2.45) is 5.92 Å². The van der Waals surface area contributed by atoms with Crippen molar-refractivity contribution >= 4 is 46.6 Å². The van der Waals surface area contributed by atoms with Gasteiger partial charge in [-0.05, 0) is 50.2 Å². The number of anilines is 1. The largest absolute Gasteiger partial charge is 0.365 e. The predicted molar refractivity (Wildman–Crippen MR) is 169 cm³/mol. The summed E-state index contributed by atoms with van der Waals surface area (Å²) in [5.41, 5.74) is 1.98. The molecule has 0 spiro atoms. The topological polar surface area (TPSA) is 76.2 Å². The third-order valence-electron chi connectivity index (χ3n) is 8.45. The van der Waals surface area contributed by atoms with E-state index < -0.39 is 6.04 Å². The van der Waals surface area contributed by atoms with Crippen molar-refractivity contribution in [2.45, 2.75) is 51.6 Å². The molecule has 0 aliphatic carbocycles. The molecule has 4 rings (SSSR count). The summed E-state index contributed by atoms with van der Waals surface area (Å²) in [5.74, 6) is -0.955. The number of carbonyl (C=O) groups is 3. The maximum absolute atomic E-state index is 15.5. The Morgan fingerprint density at radius 2 is 1.74 bits per heavy atom. The molecule has 11 heteroatoms. The molecule has 2 aliphatic heterocycles. The summed E-state index contributed by atoms with van der Waals surface area (Å²) in [4.78, 5) is 46.6. The predicted octanol–water partition coefficient (Wildman–Crippen LogP) is 4.95. The first kappa shape index (κ1) is 33.0. The van der Waals surface area contributed by atoms with Crippen LogP contribution < -0.4 is 10.2 Å². The molecule has 2 fully saturated rings.